The minimum atomic E-state index is -1.01. The SMILES string of the molecule is Cc1ncc([N+](=O)[O-])n1CCCC(=O)C(C)CC(=O)O. The molecule has 1 unspecified atom stereocenters. The number of aromatic nitrogens is 2. The van der Waals surface area contributed by atoms with Crippen LogP contribution in [0.2, 0.25) is 0 Å². The molecule has 0 bridgehead atoms. The maximum Gasteiger partial charge on any atom is 0.342 e. The van der Waals surface area contributed by atoms with Crippen molar-refractivity contribution < 1.29 is 19.6 Å². The molecule has 1 N–H and O–H groups in total. The number of hydrogen-bond donors (Lipinski definition) is 1. The van der Waals surface area contributed by atoms with Gasteiger partial charge in [-0.1, -0.05) is 6.92 Å². The molecule has 20 heavy (non-hydrogen) atoms. The number of carbonyl (C=O) groups excluding carboxylic acids is 1. The molecule has 0 saturated heterocycles. The highest BCUT2D eigenvalue weighted by Gasteiger charge is 2.19. The van der Waals surface area contributed by atoms with Crippen LogP contribution in [0.4, 0.5) is 5.82 Å². The van der Waals surface area contributed by atoms with Crippen molar-refractivity contribution in [1.82, 2.24) is 9.55 Å². The Morgan fingerprint density at radius 2 is 2.20 bits per heavy atom. The summed E-state index contributed by atoms with van der Waals surface area (Å²) in [4.78, 5) is 36.3. The van der Waals surface area contributed by atoms with E-state index in [1.165, 1.54) is 10.8 Å². The maximum atomic E-state index is 11.7. The van der Waals surface area contributed by atoms with Gasteiger partial charge in [0.15, 0.2) is 5.82 Å². The van der Waals surface area contributed by atoms with Crippen LogP contribution in [0.25, 0.3) is 0 Å². The Morgan fingerprint density at radius 1 is 1.55 bits per heavy atom. The van der Waals surface area contributed by atoms with E-state index in [0.29, 0.717) is 18.8 Å². The molecular weight excluding hydrogens is 266 g/mol. The highest BCUT2D eigenvalue weighted by atomic mass is 16.6. The molecule has 8 heteroatoms. The van der Waals surface area contributed by atoms with E-state index in [1.54, 1.807) is 13.8 Å². The van der Waals surface area contributed by atoms with Crippen molar-refractivity contribution in [2.24, 2.45) is 5.92 Å². The number of aliphatic carboxylic acids is 1. The van der Waals surface area contributed by atoms with Crippen LogP contribution in [0, 0.1) is 23.0 Å². The van der Waals surface area contributed by atoms with E-state index >= 15 is 0 Å². The largest absolute Gasteiger partial charge is 0.481 e. The number of carboxylic acid groups (broad SMARTS) is 1. The molecule has 0 amide bonds. The Kier molecular flexibility index (Phi) is 5.36. The van der Waals surface area contributed by atoms with Crippen molar-refractivity contribution in [3.8, 4) is 0 Å². The van der Waals surface area contributed by atoms with Gasteiger partial charge in [0, 0.05) is 19.3 Å². The summed E-state index contributed by atoms with van der Waals surface area (Å²) in [5.41, 5.74) is 0. The predicted molar refractivity (Wildman–Crippen MR) is 69.3 cm³/mol. The number of ketones is 1. The molecule has 8 nitrogen and oxygen atoms in total. The smallest absolute Gasteiger partial charge is 0.342 e. The van der Waals surface area contributed by atoms with E-state index in [-0.39, 0.29) is 24.4 Å². The van der Waals surface area contributed by atoms with Gasteiger partial charge in [-0.05, 0) is 11.3 Å². The van der Waals surface area contributed by atoms with Crippen LogP contribution in [0.15, 0.2) is 6.20 Å². The number of imidazole rings is 1. The lowest BCUT2D eigenvalue weighted by Gasteiger charge is -2.07. The quantitative estimate of drug-likeness (QED) is 0.571. The lowest BCUT2D eigenvalue weighted by atomic mass is 9.99. The van der Waals surface area contributed by atoms with Gasteiger partial charge in [-0.15, -0.1) is 0 Å². The Morgan fingerprint density at radius 3 is 2.75 bits per heavy atom. The van der Waals surface area contributed by atoms with Crippen molar-refractivity contribution in [3.05, 3.63) is 22.1 Å². The summed E-state index contributed by atoms with van der Waals surface area (Å²) in [6.45, 7) is 3.54. The van der Waals surface area contributed by atoms with Crippen LogP contribution in [-0.4, -0.2) is 31.3 Å². The van der Waals surface area contributed by atoms with Crippen LogP contribution in [-0.2, 0) is 16.1 Å². The minimum absolute atomic E-state index is 0.103. The van der Waals surface area contributed by atoms with Crippen LogP contribution in [0.1, 0.15) is 32.0 Å². The zero-order chi connectivity index (χ0) is 15.3. The molecule has 110 valence electrons. The zero-order valence-corrected chi connectivity index (χ0v) is 11.4. The predicted octanol–water partition coefficient (Wildman–Crippen LogP) is 1.56. The molecule has 0 radical (unpaired) electrons. The number of hydrogen-bond acceptors (Lipinski definition) is 5. The van der Waals surface area contributed by atoms with Crippen LogP contribution in [0.3, 0.4) is 0 Å². The molecule has 0 aliphatic rings. The van der Waals surface area contributed by atoms with Gasteiger partial charge < -0.3 is 15.2 Å². The first-order chi connectivity index (χ1) is 9.32. The summed E-state index contributed by atoms with van der Waals surface area (Å²) in [7, 11) is 0. The molecule has 0 saturated carbocycles. The van der Waals surface area contributed by atoms with Crippen molar-refractivity contribution in [1.29, 1.82) is 0 Å². The normalized spacial score (nSPS) is 12.1. The maximum absolute atomic E-state index is 11.7. The van der Waals surface area contributed by atoms with Crippen molar-refractivity contribution in [3.63, 3.8) is 0 Å². The molecular formula is C12H17N3O5. The second-order valence-electron chi connectivity index (χ2n) is 4.64. The summed E-state index contributed by atoms with van der Waals surface area (Å²) in [5.74, 6) is -1.28. The Hall–Kier alpha value is -2.25. The van der Waals surface area contributed by atoms with Crippen molar-refractivity contribution in [2.45, 2.75) is 39.7 Å². The Bertz CT molecular complexity index is 523. The van der Waals surface area contributed by atoms with Gasteiger partial charge in [0.2, 0.25) is 0 Å². The van der Waals surface area contributed by atoms with E-state index in [4.69, 9.17) is 5.11 Å². The number of aryl methyl sites for hydroxylation is 1. The molecule has 0 aliphatic heterocycles. The molecule has 0 aromatic carbocycles. The average molecular weight is 283 g/mol. The third-order valence-corrected chi connectivity index (χ3v) is 3.06. The van der Waals surface area contributed by atoms with E-state index in [0.717, 1.165) is 0 Å². The Balaban J connectivity index is 2.53. The molecule has 1 atom stereocenters. The van der Waals surface area contributed by atoms with Gasteiger partial charge in [0.25, 0.3) is 0 Å². The number of carbonyl (C=O) groups is 2. The van der Waals surface area contributed by atoms with Gasteiger partial charge >= 0.3 is 11.8 Å². The average Bonchev–Trinajstić information content (AvgIpc) is 2.70. The van der Waals surface area contributed by atoms with Crippen LogP contribution in [0.5, 0.6) is 0 Å². The topological polar surface area (TPSA) is 115 Å². The number of rotatable bonds is 8. The number of carboxylic acids is 1. The third-order valence-electron chi connectivity index (χ3n) is 3.06. The molecule has 1 rings (SSSR count). The molecule has 0 aliphatic carbocycles. The fourth-order valence-electron chi connectivity index (χ4n) is 1.91. The summed E-state index contributed by atoms with van der Waals surface area (Å²) in [5, 5.41) is 19.4. The van der Waals surface area contributed by atoms with Gasteiger partial charge in [-0.3, -0.25) is 9.59 Å². The van der Waals surface area contributed by atoms with Crippen molar-refractivity contribution >= 4 is 17.6 Å². The summed E-state index contributed by atoms with van der Waals surface area (Å²) >= 11 is 0. The highest BCUT2D eigenvalue weighted by Crippen LogP contribution is 2.15. The number of Topliss-reactive ketones (excluding diaryl/α,β-unsaturated/α-hetero) is 1. The van der Waals surface area contributed by atoms with Gasteiger partial charge in [0.1, 0.15) is 12.0 Å². The lowest BCUT2D eigenvalue weighted by molar-refractivity contribution is -0.392. The monoisotopic (exact) mass is 283 g/mol. The molecule has 0 fully saturated rings. The second-order valence-corrected chi connectivity index (χ2v) is 4.64. The molecule has 0 spiro atoms. The standard InChI is InChI=1S/C12H17N3O5/c1-8(6-12(17)18)10(16)4-3-5-14-9(2)13-7-11(14)15(19)20/h7-8H,3-6H2,1-2H3,(H,17,18). The fraction of sp³-hybridized carbons (Fsp3) is 0.583. The van der Waals surface area contributed by atoms with E-state index in [1.807, 2.05) is 0 Å². The summed E-state index contributed by atoms with van der Waals surface area (Å²) in [6.07, 6.45) is 1.61. The first kappa shape index (κ1) is 15.8. The Labute approximate surface area is 115 Å². The molecule has 1 heterocycles. The lowest BCUT2D eigenvalue weighted by Crippen LogP contribution is -2.16. The molecule has 1 aromatic heterocycles. The summed E-state index contributed by atoms with van der Waals surface area (Å²) in [6, 6.07) is 0. The van der Waals surface area contributed by atoms with Gasteiger partial charge in [-0.2, -0.15) is 0 Å². The van der Waals surface area contributed by atoms with Gasteiger partial charge in [-0.25, -0.2) is 9.55 Å². The van der Waals surface area contributed by atoms with E-state index in [2.05, 4.69) is 4.98 Å². The number of nitrogens with zero attached hydrogens (tertiary/aromatic N) is 3. The van der Waals surface area contributed by atoms with E-state index in [9.17, 15) is 19.7 Å². The highest BCUT2D eigenvalue weighted by molar-refractivity contribution is 5.84. The number of nitro groups is 1. The van der Waals surface area contributed by atoms with E-state index < -0.39 is 16.8 Å². The minimum Gasteiger partial charge on any atom is -0.481 e. The van der Waals surface area contributed by atoms with Gasteiger partial charge in [0.05, 0.1) is 13.0 Å². The summed E-state index contributed by atoms with van der Waals surface area (Å²) < 4.78 is 1.44. The van der Waals surface area contributed by atoms with Crippen LogP contribution >= 0.6 is 0 Å². The second kappa shape index (κ2) is 6.78. The van der Waals surface area contributed by atoms with Crippen LogP contribution < -0.4 is 0 Å². The first-order valence-corrected chi connectivity index (χ1v) is 6.24. The molecule has 1 aromatic rings. The fourth-order valence-corrected chi connectivity index (χ4v) is 1.91. The zero-order valence-electron chi connectivity index (χ0n) is 11.4. The third kappa shape index (κ3) is 4.15. The first-order valence-electron chi connectivity index (χ1n) is 6.24. The van der Waals surface area contributed by atoms with Crippen molar-refractivity contribution in [2.75, 3.05) is 0 Å².